The molecule has 0 saturated heterocycles. The Labute approximate surface area is 167 Å². The molecule has 1 heterocycles. The molecule has 0 aliphatic heterocycles. The molecule has 3 aromatic rings. The number of nitrogens with one attached hydrogen (secondary N) is 1. The largest absolute Gasteiger partial charge is 0.489 e. The number of aryl methyl sites for hydroxylation is 3. The Morgan fingerprint density at radius 1 is 1.15 bits per heavy atom. The molecule has 3 nitrogen and oxygen atoms in total. The summed E-state index contributed by atoms with van der Waals surface area (Å²) in [5.41, 5.74) is 5.51. The van der Waals surface area contributed by atoms with E-state index < -0.39 is 0 Å². The van der Waals surface area contributed by atoms with E-state index in [4.69, 9.17) is 16.3 Å². The molecule has 0 fully saturated rings. The monoisotopic (exact) mass is 397 g/mol. The summed E-state index contributed by atoms with van der Waals surface area (Å²) >= 11 is 7.53. The number of anilines is 1. The number of hydrogen-bond acceptors (Lipinski definition) is 3. The molecule has 1 N–H and O–H groups in total. The highest BCUT2D eigenvalue weighted by atomic mass is 35.5. The van der Waals surface area contributed by atoms with E-state index in [1.54, 1.807) is 6.07 Å². The van der Waals surface area contributed by atoms with Gasteiger partial charge in [0.2, 0.25) is 0 Å². The third kappa shape index (κ3) is 4.18. The minimum atomic E-state index is -0.135. The fourth-order valence-electron chi connectivity index (χ4n) is 3.24. The number of hydrogen-bond donors (Lipinski definition) is 1. The molecule has 0 unspecified atom stereocenters. The molecule has 1 aliphatic rings. The minimum Gasteiger partial charge on any atom is -0.489 e. The average Bonchev–Trinajstić information content (AvgIpc) is 3.31. The molecule has 5 heteroatoms. The summed E-state index contributed by atoms with van der Waals surface area (Å²) in [5.74, 6) is 0.755. The topological polar surface area (TPSA) is 38.3 Å². The second-order valence-electron chi connectivity index (χ2n) is 6.81. The Balaban J connectivity index is 1.37. The number of amides is 1. The average molecular weight is 398 g/mol. The number of carbonyl (C=O) groups excluding carboxylic acids is 1. The van der Waals surface area contributed by atoms with Crippen LogP contribution in [0.25, 0.3) is 0 Å². The summed E-state index contributed by atoms with van der Waals surface area (Å²) in [7, 11) is 0. The predicted molar refractivity (Wildman–Crippen MR) is 111 cm³/mol. The summed E-state index contributed by atoms with van der Waals surface area (Å²) in [6.07, 6.45) is 3.54. The Morgan fingerprint density at radius 3 is 2.85 bits per heavy atom. The first-order chi connectivity index (χ1) is 13.1. The zero-order valence-corrected chi connectivity index (χ0v) is 16.6. The molecule has 0 bridgehead atoms. The second-order valence-corrected chi connectivity index (χ2v) is 8.13. The van der Waals surface area contributed by atoms with Crippen LogP contribution in [0.2, 0.25) is 5.02 Å². The van der Waals surface area contributed by atoms with Crippen LogP contribution >= 0.6 is 22.9 Å². The standard InChI is InChI=1S/C22H20ClNO2S/c1-14-5-7-18(11-20(14)23)24-22(25)21-9-15(13-27-21)12-26-19-8-6-16-3-2-4-17(16)10-19/h5-11,13H,2-4,12H2,1H3,(H,24,25). The summed E-state index contributed by atoms with van der Waals surface area (Å²) in [5, 5.41) is 5.49. The fourth-order valence-corrected chi connectivity index (χ4v) is 4.21. The molecule has 0 radical (unpaired) electrons. The number of thiophene rings is 1. The van der Waals surface area contributed by atoms with Crippen LogP contribution in [0.1, 0.15) is 38.3 Å². The van der Waals surface area contributed by atoms with E-state index in [0.29, 0.717) is 22.2 Å². The lowest BCUT2D eigenvalue weighted by Crippen LogP contribution is -2.10. The van der Waals surface area contributed by atoms with Crippen LogP contribution in [0.5, 0.6) is 5.75 Å². The van der Waals surface area contributed by atoms with Gasteiger partial charge in [0.05, 0.1) is 4.88 Å². The lowest BCUT2D eigenvalue weighted by molar-refractivity contribution is 0.103. The Kier molecular flexibility index (Phi) is 5.19. The van der Waals surface area contributed by atoms with Crippen molar-refractivity contribution in [2.24, 2.45) is 0 Å². The van der Waals surface area contributed by atoms with Crippen molar-refractivity contribution in [3.63, 3.8) is 0 Å². The molecule has 27 heavy (non-hydrogen) atoms. The molecule has 138 valence electrons. The van der Waals surface area contributed by atoms with Crippen molar-refractivity contribution in [1.82, 2.24) is 0 Å². The molecular weight excluding hydrogens is 378 g/mol. The number of carbonyl (C=O) groups is 1. The van der Waals surface area contributed by atoms with Gasteiger partial charge in [0.15, 0.2) is 0 Å². The number of rotatable bonds is 5. The van der Waals surface area contributed by atoms with Gasteiger partial charge in [0, 0.05) is 16.3 Å². The number of ether oxygens (including phenoxy) is 1. The molecule has 1 amide bonds. The fraction of sp³-hybridized carbons (Fsp3) is 0.227. The van der Waals surface area contributed by atoms with Gasteiger partial charge < -0.3 is 10.1 Å². The first-order valence-electron chi connectivity index (χ1n) is 8.98. The Morgan fingerprint density at radius 2 is 2.00 bits per heavy atom. The first kappa shape index (κ1) is 18.1. The lowest BCUT2D eigenvalue weighted by Gasteiger charge is -2.07. The molecule has 0 atom stereocenters. The third-order valence-corrected chi connectivity index (χ3v) is 6.17. The van der Waals surface area contributed by atoms with Crippen molar-refractivity contribution in [2.75, 3.05) is 5.32 Å². The maximum absolute atomic E-state index is 12.4. The van der Waals surface area contributed by atoms with Gasteiger partial charge in [0.25, 0.3) is 5.91 Å². The number of halogens is 1. The molecule has 0 spiro atoms. The van der Waals surface area contributed by atoms with Crippen molar-refractivity contribution >= 4 is 34.5 Å². The van der Waals surface area contributed by atoms with Crippen LogP contribution in [-0.2, 0) is 19.4 Å². The summed E-state index contributed by atoms with van der Waals surface area (Å²) in [4.78, 5) is 13.1. The van der Waals surface area contributed by atoms with Crippen molar-refractivity contribution < 1.29 is 9.53 Å². The van der Waals surface area contributed by atoms with Gasteiger partial charge >= 0.3 is 0 Å². The van der Waals surface area contributed by atoms with Crippen LogP contribution in [0, 0.1) is 6.92 Å². The molecule has 1 aromatic heterocycles. The normalized spacial score (nSPS) is 12.7. The Bertz CT molecular complexity index is 996. The van der Waals surface area contributed by atoms with Crippen molar-refractivity contribution in [1.29, 1.82) is 0 Å². The van der Waals surface area contributed by atoms with Crippen molar-refractivity contribution in [3.8, 4) is 5.75 Å². The SMILES string of the molecule is Cc1ccc(NC(=O)c2cc(COc3ccc4c(c3)CCC4)cs2)cc1Cl. The maximum Gasteiger partial charge on any atom is 0.265 e. The summed E-state index contributed by atoms with van der Waals surface area (Å²) in [6.45, 7) is 2.39. The highest BCUT2D eigenvalue weighted by Crippen LogP contribution is 2.27. The zero-order valence-electron chi connectivity index (χ0n) is 15.0. The van der Waals surface area contributed by atoms with Gasteiger partial charge in [-0.1, -0.05) is 23.7 Å². The number of fused-ring (bicyclic) bond motifs is 1. The van der Waals surface area contributed by atoms with Crippen LogP contribution < -0.4 is 10.1 Å². The third-order valence-electron chi connectivity index (χ3n) is 4.78. The summed E-state index contributed by atoms with van der Waals surface area (Å²) < 4.78 is 5.92. The second kappa shape index (κ2) is 7.75. The minimum absolute atomic E-state index is 0.135. The van der Waals surface area contributed by atoms with Gasteiger partial charge in [-0.15, -0.1) is 11.3 Å². The number of benzene rings is 2. The smallest absolute Gasteiger partial charge is 0.265 e. The van der Waals surface area contributed by atoms with Crippen molar-refractivity contribution in [2.45, 2.75) is 32.8 Å². The van der Waals surface area contributed by atoms with E-state index in [9.17, 15) is 4.79 Å². The van der Waals surface area contributed by atoms with E-state index in [0.717, 1.165) is 23.3 Å². The van der Waals surface area contributed by atoms with Gasteiger partial charge in [0.1, 0.15) is 12.4 Å². The van der Waals surface area contributed by atoms with Crippen LogP contribution in [0.3, 0.4) is 0 Å². The molecule has 1 aliphatic carbocycles. The molecular formula is C22H20ClNO2S. The van der Waals surface area contributed by atoms with Crippen molar-refractivity contribution in [3.05, 3.63) is 80.0 Å². The summed E-state index contributed by atoms with van der Waals surface area (Å²) in [6, 6.07) is 13.7. The molecule has 0 saturated carbocycles. The predicted octanol–water partition coefficient (Wildman–Crippen LogP) is 6.03. The van der Waals surface area contributed by atoms with E-state index in [2.05, 4.69) is 17.4 Å². The quantitative estimate of drug-likeness (QED) is 0.570. The van der Waals surface area contributed by atoms with Gasteiger partial charge in [-0.3, -0.25) is 4.79 Å². The lowest BCUT2D eigenvalue weighted by atomic mass is 10.1. The molecule has 2 aromatic carbocycles. The van der Waals surface area contributed by atoms with E-state index >= 15 is 0 Å². The highest BCUT2D eigenvalue weighted by molar-refractivity contribution is 7.12. The first-order valence-corrected chi connectivity index (χ1v) is 10.2. The molecule has 4 rings (SSSR count). The van der Waals surface area contributed by atoms with Crippen LogP contribution in [0.15, 0.2) is 47.8 Å². The van der Waals surface area contributed by atoms with E-state index in [1.807, 2.05) is 36.6 Å². The van der Waals surface area contributed by atoms with Crippen LogP contribution in [0.4, 0.5) is 5.69 Å². The van der Waals surface area contributed by atoms with E-state index in [-0.39, 0.29) is 5.91 Å². The zero-order chi connectivity index (χ0) is 18.8. The maximum atomic E-state index is 12.4. The highest BCUT2D eigenvalue weighted by Gasteiger charge is 2.13. The van der Waals surface area contributed by atoms with Gasteiger partial charge in [-0.25, -0.2) is 0 Å². The van der Waals surface area contributed by atoms with Crippen LogP contribution in [-0.4, -0.2) is 5.91 Å². The van der Waals surface area contributed by atoms with Gasteiger partial charge in [-0.2, -0.15) is 0 Å². The Hall–Kier alpha value is -2.30. The van der Waals surface area contributed by atoms with E-state index in [1.165, 1.54) is 35.3 Å². The van der Waals surface area contributed by atoms with Gasteiger partial charge in [-0.05, 0) is 78.6 Å².